The number of aliphatic hydroxyl groups excluding tert-OH is 1. The number of nitrogens with zero attached hydrogens (tertiary/aromatic N) is 1. The van der Waals surface area contributed by atoms with Gasteiger partial charge in [0.05, 0.1) is 29.7 Å². The summed E-state index contributed by atoms with van der Waals surface area (Å²) in [5.41, 5.74) is -0.918. The lowest BCUT2D eigenvalue weighted by Crippen LogP contribution is -2.49. The molecule has 2 aliphatic rings. The van der Waals surface area contributed by atoms with Crippen molar-refractivity contribution in [3.05, 3.63) is 24.3 Å². The second-order valence-electron chi connectivity index (χ2n) is 9.95. The zero-order valence-electron chi connectivity index (χ0n) is 19.9. The molecule has 9 nitrogen and oxygen atoms in total. The van der Waals surface area contributed by atoms with Crippen molar-refractivity contribution in [1.29, 1.82) is 0 Å². The lowest BCUT2D eigenvalue weighted by Gasteiger charge is -2.35. The van der Waals surface area contributed by atoms with Crippen molar-refractivity contribution in [1.82, 2.24) is 10.2 Å². The van der Waals surface area contributed by atoms with E-state index in [2.05, 4.69) is 5.32 Å². The van der Waals surface area contributed by atoms with Crippen molar-refractivity contribution in [3.8, 4) is 5.75 Å². The van der Waals surface area contributed by atoms with Crippen molar-refractivity contribution in [3.63, 3.8) is 0 Å². The minimum Gasteiger partial charge on any atom is -0.491 e. The van der Waals surface area contributed by atoms with Crippen LogP contribution in [-0.2, 0) is 19.3 Å². The Balaban J connectivity index is 1.66. The molecule has 33 heavy (non-hydrogen) atoms. The van der Waals surface area contributed by atoms with Crippen LogP contribution >= 0.6 is 0 Å². The van der Waals surface area contributed by atoms with E-state index < -0.39 is 27.6 Å². The predicted molar refractivity (Wildman–Crippen MR) is 123 cm³/mol. The van der Waals surface area contributed by atoms with E-state index in [4.69, 9.17) is 14.2 Å². The van der Waals surface area contributed by atoms with Crippen LogP contribution in [0.25, 0.3) is 0 Å². The van der Waals surface area contributed by atoms with Crippen LogP contribution in [-0.4, -0.2) is 87.0 Å². The number of ether oxygens (including phenoxy) is 3. The smallest absolute Gasteiger partial charge is 0.410 e. The normalized spacial score (nSPS) is 21.5. The molecule has 2 saturated heterocycles. The first-order chi connectivity index (χ1) is 15.4. The molecule has 1 aromatic rings. The minimum absolute atomic E-state index is 0.0169. The highest BCUT2D eigenvalue weighted by molar-refractivity contribution is 7.90. The van der Waals surface area contributed by atoms with Gasteiger partial charge in [-0.3, -0.25) is 0 Å². The Bertz CT molecular complexity index is 923. The van der Waals surface area contributed by atoms with Gasteiger partial charge in [0.15, 0.2) is 9.84 Å². The molecule has 186 valence electrons. The van der Waals surface area contributed by atoms with Gasteiger partial charge in [0.2, 0.25) is 0 Å². The van der Waals surface area contributed by atoms with Crippen LogP contribution in [0, 0.1) is 0 Å². The summed E-state index contributed by atoms with van der Waals surface area (Å²) >= 11 is 0. The Labute approximate surface area is 196 Å². The monoisotopic (exact) mass is 484 g/mol. The standard InChI is InChI=1S/C23H36N2O7S/c1-22(2,3)32-21(27)25(17-13-23(31-15-17)8-10-24-11-9-23)14-18(26)16-30-19-6-5-7-20(12-19)33(4,28)29/h5-7,12,17-18,24,26H,8-11,13-16H2,1-4H3/t17-,18+/m1/s1. The van der Waals surface area contributed by atoms with E-state index in [0.717, 1.165) is 32.2 Å². The van der Waals surface area contributed by atoms with Crippen molar-refractivity contribution in [2.75, 3.05) is 39.1 Å². The number of amides is 1. The summed E-state index contributed by atoms with van der Waals surface area (Å²) in [6, 6.07) is 5.90. The van der Waals surface area contributed by atoms with Crippen molar-refractivity contribution in [2.24, 2.45) is 0 Å². The van der Waals surface area contributed by atoms with Gasteiger partial charge in [0.25, 0.3) is 0 Å². The molecule has 2 atom stereocenters. The number of carbonyl (C=O) groups excluding carboxylic acids is 1. The van der Waals surface area contributed by atoms with Gasteiger partial charge in [0.1, 0.15) is 24.1 Å². The highest BCUT2D eigenvalue weighted by Gasteiger charge is 2.45. The first-order valence-corrected chi connectivity index (χ1v) is 13.2. The zero-order chi connectivity index (χ0) is 24.3. The summed E-state index contributed by atoms with van der Waals surface area (Å²) < 4.78 is 40.9. The van der Waals surface area contributed by atoms with Crippen molar-refractivity contribution < 1.29 is 32.5 Å². The average Bonchev–Trinajstić information content (AvgIpc) is 3.12. The van der Waals surface area contributed by atoms with Crippen LogP contribution < -0.4 is 10.1 Å². The summed E-state index contributed by atoms with van der Waals surface area (Å²) in [6.45, 7) is 7.47. The highest BCUT2D eigenvalue weighted by atomic mass is 32.2. The van der Waals surface area contributed by atoms with E-state index in [-0.39, 0.29) is 29.7 Å². The number of hydrogen-bond acceptors (Lipinski definition) is 8. The molecule has 0 radical (unpaired) electrons. The Morgan fingerprint density at radius 3 is 2.67 bits per heavy atom. The van der Waals surface area contributed by atoms with Crippen LogP contribution in [0.1, 0.15) is 40.0 Å². The third kappa shape index (κ3) is 7.30. The van der Waals surface area contributed by atoms with Gasteiger partial charge in [-0.2, -0.15) is 0 Å². The van der Waals surface area contributed by atoms with Crippen LogP contribution in [0.5, 0.6) is 5.75 Å². The number of carbonyl (C=O) groups is 1. The van der Waals surface area contributed by atoms with Gasteiger partial charge in [-0.05, 0) is 71.3 Å². The van der Waals surface area contributed by atoms with Gasteiger partial charge in [-0.1, -0.05) is 6.07 Å². The zero-order valence-corrected chi connectivity index (χ0v) is 20.7. The Morgan fingerprint density at radius 1 is 1.33 bits per heavy atom. The molecule has 2 aliphatic heterocycles. The SMILES string of the molecule is CC(C)(C)OC(=O)N(C[C@H](O)COc1cccc(S(C)(=O)=O)c1)[C@H]1COC2(CCNCC2)C1. The molecule has 2 fully saturated rings. The summed E-state index contributed by atoms with van der Waals surface area (Å²) in [6.07, 6.45) is 2.09. The molecule has 0 unspecified atom stereocenters. The molecule has 0 saturated carbocycles. The molecule has 2 N–H and O–H groups in total. The summed E-state index contributed by atoms with van der Waals surface area (Å²) in [4.78, 5) is 14.7. The van der Waals surface area contributed by atoms with Crippen molar-refractivity contribution >= 4 is 15.9 Å². The third-order valence-corrected chi connectivity index (χ3v) is 6.97. The van der Waals surface area contributed by atoms with Crippen LogP contribution in [0.2, 0.25) is 0 Å². The number of aliphatic hydroxyl groups is 1. The minimum atomic E-state index is -3.37. The van der Waals surface area contributed by atoms with Gasteiger partial charge < -0.3 is 29.5 Å². The van der Waals surface area contributed by atoms with Crippen LogP contribution in [0.4, 0.5) is 4.79 Å². The average molecular weight is 485 g/mol. The van der Waals surface area contributed by atoms with E-state index in [1.807, 2.05) is 0 Å². The molecular formula is C23H36N2O7S. The fourth-order valence-electron chi connectivity index (χ4n) is 4.21. The molecule has 0 aromatic heterocycles. The third-order valence-electron chi connectivity index (χ3n) is 5.86. The van der Waals surface area contributed by atoms with Crippen LogP contribution in [0.15, 0.2) is 29.2 Å². The van der Waals surface area contributed by atoms with Crippen LogP contribution in [0.3, 0.4) is 0 Å². The molecule has 0 aliphatic carbocycles. The maximum Gasteiger partial charge on any atom is 0.410 e. The number of hydrogen-bond donors (Lipinski definition) is 2. The van der Waals surface area contributed by atoms with E-state index >= 15 is 0 Å². The number of sulfone groups is 1. The molecule has 10 heteroatoms. The maximum absolute atomic E-state index is 13.0. The second-order valence-corrected chi connectivity index (χ2v) is 12.0. The number of piperidine rings is 1. The fraction of sp³-hybridized carbons (Fsp3) is 0.696. The molecule has 3 rings (SSSR count). The molecule has 1 spiro atoms. The van der Waals surface area contributed by atoms with Gasteiger partial charge in [0, 0.05) is 6.26 Å². The van der Waals surface area contributed by atoms with Gasteiger partial charge in [-0.15, -0.1) is 0 Å². The lowest BCUT2D eigenvalue weighted by atomic mass is 9.88. The molecular weight excluding hydrogens is 448 g/mol. The number of benzene rings is 1. The Morgan fingerprint density at radius 2 is 2.03 bits per heavy atom. The molecule has 1 aromatic carbocycles. The molecule has 2 heterocycles. The Kier molecular flexibility index (Phi) is 7.93. The summed E-state index contributed by atoms with van der Waals surface area (Å²) in [5, 5.41) is 14.0. The van der Waals surface area contributed by atoms with Gasteiger partial charge in [-0.25, -0.2) is 13.2 Å². The quantitative estimate of drug-likeness (QED) is 0.604. The predicted octanol–water partition coefficient (Wildman–Crippen LogP) is 1.98. The largest absolute Gasteiger partial charge is 0.491 e. The first-order valence-electron chi connectivity index (χ1n) is 11.3. The maximum atomic E-state index is 13.0. The Hall–Kier alpha value is -1.88. The van der Waals surface area contributed by atoms with Gasteiger partial charge >= 0.3 is 6.09 Å². The second kappa shape index (κ2) is 10.2. The molecule has 1 amide bonds. The summed E-state index contributed by atoms with van der Waals surface area (Å²) in [7, 11) is -3.37. The highest BCUT2D eigenvalue weighted by Crippen LogP contribution is 2.36. The first kappa shape index (κ1) is 25.7. The van der Waals surface area contributed by atoms with E-state index in [1.165, 1.54) is 12.1 Å². The number of nitrogens with one attached hydrogen (secondary N) is 1. The van der Waals surface area contributed by atoms with Crippen molar-refractivity contribution in [2.45, 2.75) is 68.3 Å². The topological polar surface area (TPSA) is 114 Å². The summed E-state index contributed by atoms with van der Waals surface area (Å²) in [5.74, 6) is 0.332. The fourth-order valence-corrected chi connectivity index (χ4v) is 4.87. The van der Waals surface area contributed by atoms with E-state index in [9.17, 15) is 18.3 Å². The number of rotatable bonds is 7. The van der Waals surface area contributed by atoms with E-state index in [0.29, 0.717) is 18.8 Å². The van der Waals surface area contributed by atoms with E-state index in [1.54, 1.807) is 37.8 Å². The lowest BCUT2D eigenvalue weighted by molar-refractivity contribution is -0.0227. The molecule has 0 bridgehead atoms.